The number of hydrogen-bond donors (Lipinski definition) is 1. The molecule has 0 bridgehead atoms. The molecule has 19 heavy (non-hydrogen) atoms. The van der Waals surface area contributed by atoms with Crippen molar-refractivity contribution in [2.45, 2.75) is 18.9 Å². The van der Waals surface area contributed by atoms with Gasteiger partial charge in [0.2, 0.25) is 0 Å². The van der Waals surface area contributed by atoms with Crippen molar-refractivity contribution in [3.8, 4) is 0 Å². The van der Waals surface area contributed by atoms with Gasteiger partial charge in [0.15, 0.2) is 0 Å². The fourth-order valence-electron chi connectivity index (χ4n) is 2.09. The van der Waals surface area contributed by atoms with Crippen LogP contribution in [0.2, 0.25) is 0 Å². The van der Waals surface area contributed by atoms with E-state index in [0.29, 0.717) is 13.0 Å². The summed E-state index contributed by atoms with van der Waals surface area (Å²) < 4.78 is 5.91. The van der Waals surface area contributed by atoms with Crippen molar-refractivity contribution in [1.82, 2.24) is 0 Å². The Hall–Kier alpha value is -1.64. The Bertz CT molecular complexity index is 453. The first kappa shape index (κ1) is 13.8. The number of hydrogen-bond acceptors (Lipinski definition) is 2. The van der Waals surface area contributed by atoms with Crippen LogP contribution >= 0.6 is 0 Å². The number of aliphatic hydroxyl groups excluding tert-OH is 1. The highest BCUT2D eigenvalue weighted by Crippen LogP contribution is 2.20. The van der Waals surface area contributed by atoms with E-state index in [1.54, 1.807) is 0 Å². The molecule has 2 rings (SSSR count). The zero-order valence-electron chi connectivity index (χ0n) is 11.0. The largest absolute Gasteiger partial charge is 0.396 e. The van der Waals surface area contributed by atoms with Crippen LogP contribution in [0.4, 0.5) is 0 Å². The zero-order valence-corrected chi connectivity index (χ0v) is 11.0. The van der Waals surface area contributed by atoms with Gasteiger partial charge in [0.25, 0.3) is 0 Å². The van der Waals surface area contributed by atoms with E-state index in [-0.39, 0.29) is 12.7 Å². The monoisotopic (exact) mass is 256 g/mol. The lowest BCUT2D eigenvalue weighted by atomic mass is 10.1. The number of benzene rings is 2. The van der Waals surface area contributed by atoms with Gasteiger partial charge in [-0.3, -0.25) is 0 Å². The van der Waals surface area contributed by atoms with Crippen molar-refractivity contribution in [2.24, 2.45) is 0 Å². The van der Waals surface area contributed by atoms with Gasteiger partial charge in [-0.1, -0.05) is 60.7 Å². The van der Waals surface area contributed by atoms with E-state index in [1.165, 1.54) is 5.56 Å². The highest BCUT2D eigenvalue weighted by Gasteiger charge is 2.10. The van der Waals surface area contributed by atoms with E-state index in [2.05, 4.69) is 12.1 Å². The zero-order chi connectivity index (χ0) is 13.3. The maximum absolute atomic E-state index is 9.13. The summed E-state index contributed by atoms with van der Waals surface area (Å²) in [5.74, 6) is 0. The molecule has 2 aromatic rings. The number of aliphatic hydroxyl groups is 1. The predicted molar refractivity (Wildman–Crippen MR) is 77.0 cm³/mol. The van der Waals surface area contributed by atoms with Crippen LogP contribution in [0.5, 0.6) is 0 Å². The Morgan fingerprint density at radius 3 is 2.16 bits per heavy atom. The second-order valence-electron chi connectivity index (χ2n) is 4.52. The van der Waals surface area contributed by atoms with Crippen molar-refractivity contribution in [2.75, 3.05) is 13.2 Å². The second-order valence-corrected chi connectivity index (χ2v) is 4.52. The Labute approximate surface area is 114 Å². The summed E-state index contributed by atoms with van der Waals surface area (Å²) in [7, 11) is 0. The molecule has 0 aromatic heterocycles. The highest BCUT2D eigenvalue weighted by atomic mass is 16.5. The Kier molecular flexibility index (Phi) is 5.60. The molecular weight excluding hydrogens is 236 g/mol. The molecule has 0 aliphatic heterocycles. The van der Waals surface area contributed by atoms with Crippen LogP contribution in [0, 0.1) is 0 Å². The molecule has 0 saturated heterocycles. The molecule has 0 saturated carbocycles. The fourth-order valence-corrected chi connectivity index (χ4v) is 2.09. The molecule has 0 fully saturated rings. The van der Waals surface area contributed by atoms with E-state index in [0.717, 1.165) is 12.0 Å². The van der Waals surface area contributed by atoms with Crippen LogP contribution < -0.4 is 0 Å². The molecule has 1 N–H and O–H groups in total. The standard InChI is InChI=1S/C17H20O2/c18-13-11-17(16-9-5-2-6-10-16)19-14-12-15-7-3-1-4-8-15/h1-10,17-18H,11-14H2. The number of rotatable bonds is 7. The molecule has 0 heterocycles. The lowest BCUT2D eigenvalue weighted by molar-refractivity contribution is 0.0365. The SMILES string of the molecule is OCCC(OCCc1ccccc1)c1ccccc1. The van der Waals surface area contributed by atoms with Crippen molar-refractivity contribution < 1.29 is 9.84 Å². The van der Waals surface area contributed by atoms with E-state index < -0.39 is 0 Å². The first-order chi connectivity index (χ1) is 9.40. The van der Waals surface area contributed by atoms with Gasteiger partial charge in [-0.2, -0.15) is 0 Å². The van der Waals surface area contributed by atoms with Crippen LogP contribution in [0.1, 0.15) is 23.7 Å². The van der Waals surface area contributed by atoms with Crippen LogP contribution in [0.15, 0.2) is 60.7 Å². The third kappa shape index (κ3) is 4.51. The lowest BCUT2D eigenvalue weighted by Crippen LogP contribution is -2.09. The van der Waals surface area contributed by atoms with Crippen LogP contribution in [-0.4, -0.2) is 18.3 Å². The van der Waals surface area contributed by atoms with Crippen LogP contribution in [0.3, 0.4) is 0 Å². The van der Waals surface area contributed by atoms with Gasteiger partial charge in [-0.05, 0) is 17.5 Å². The minimum absolute atomic E-state index is 0.0186. The summed E-state index contributed by atoms with van der Waals surface area (Å²) in [6.45, 7) is 0.814. The van der Waals surface area contributed by atoms with Crippen molar-refractivity contribution in [1.29, 1.82) is 0 Å². The molecule has 1 atom stereocenters. The average Bonchev–Trinajstić information content (AvgIpc) is 2.48. The molecule has 1 unspecified atom stereocenters. The van der Waals surface area contributed by atoms with Gasteiger partial charge in [0.05, 0.1) is 12.7 Å². The fraction of sp³-hybridized carbons (Fsp3) is 0.294. The maximum Gasteiger partial charge on any atom is 0.0846 e. The molecule has 2 heteroatoms. The first-order valence-corrected chi connectivity index (χ1v) is 6.71. The summed E-state index contributed by atoms with van der Waals surface area (Å²) in [4.78, 5) is 0. The predicted octanol–water partition coefficient (Wildman–Crippen LogP) is 3.37. The minimum atomic E-state index is -0.0186. The quantitative estimate of drug-likeness (QED) is 0.823. The normalized spacial score (nSPS) is 12.3. The topological polar surface area (TPSA) is 29.5 Å². The molecule has 0 spiro atoms. The highest BCUT2D eigenvalue weighted by molar-refractivity contribution is 5.18. The van der Waals surface area contributed by atoms with Gasteiger partial charge in [-0.25, -0.2) is 0 Å². The summed E-state index contributed by atoms with van der Waals surface area (Å²) in [6.07, 6.45) is 1.52. The molecule has 2 aromatic carbocycles. The molecule has 100 valence electrons. The molecular formula is C17H20O2. The van der Waals surface area contributed by atoms with Gasteiger partial charge >= 0.3 is 0 Å². The van der Waals surface area contributed by atoms with Crippen LogP contribution in [-0.2, 0) is 11.2 Å². The molecule has 0 amide bonds. The van der Waals surface area contributed by atoms with Crippen LogP contribution in [0.25, 0.3) is 0 Å². The van der Waals surface area contributed by atoms with Crippen molar-refractivity contribution >= 4 is 0 Å². The Morgan fingerprint density at radius 1 is 0.895 bits per heavy atom. The third-order valence-corrected chi connectivity index (χ3v) is 3.12. The minimum Gasteiger partial charge on any atom is -0.396 e. The molecule has 2 nitrogen and oxygen atoms in total. The van der Waals surface area contributed by atoms with E-state index in [1.807, 2.05) is 48.5 Å². The lowest BCUT2D eigenvalue weighted by Gasteiger charge is -2.17. The number of ether oxygens (including phenoxy) is 1. The summed E-state index contributed by atoms with van der Waals surface area (Å²) >= 11 is 0. The van der Waals surface area contributed by atoms with Gasteiger partial charge in [-0.15, -0.1) is 0 Å². The maximum atomic E-state index is 9.13. The summed E-state index contributed by atoms with van der Waals surface area (Å²) in [5, 5.41) is 9.13. The van der Waals surface area contributed by atoms with E-state index >= 15 is 0 Å². The van der Waals surface area contributed by atoms with Crippen molar-refractivity contribution in [3.63, 3.8) is 0 Å². The van der Waals surface area contributed by atoms with E-state index in [9.17, 15) is 0 Å². The van der Waals surface area contributed by atoms with Gasteiger partial charge < -0.3 is 9.84 Å². The molecule has 0 radical (unpaired) electrons. The Morgan fingerprint density at radius 2 is 1.53 bits per heavy atom. The summed E-state index contributed by atoms with van der Waals surface area (Å²) in [5.41, 5.74) is 2.41. The average molecular weight is 256 g/mol. The van der Waals surface area contributed by atoms with E-state index in [4.69, 9.17) is 9.84 Å². The smallest absolute Gasteiger partial charge is 0.0846 e. The molecule has 0 aliphatic rings. The second kappa shape index (κ2) is 7.72. The van der Waals surface area contributed by atoms with Gasteiger partial charge in [0, 0.05) is 13.0 Å². The summed E-state index contributed by atoms with van der Waals surface area (Å²) in [6, 6.07) is 20.4. The molecule has 0 aliphatic carbocycles. The Balaban J connectivity index is 1.87. The van der Waals surface area contributed by atoms with Gasteiger partial charge in [0.1, 0.15) is 0 Å². The third-order valence-electron chi connectivity index (χ3n) is 3.12. The first-order valence-electron chi connectivity index (χ1n) is 6.71. The van der Waals surface area contributed by atoms with Crippen molar-refractivity contribution in [3.05, 3.63) is 71.8 Å².